The minimum atomic E-state index is -0.196. The van der Waals surface area contributed by atoms with Crippen molar-refractivity contribution in [2.75, 3.05) is 26.7 Å². The molecule has 2 aliphatic heterocycles. The highest BCUT2D eigenvalue weighted by molar-refractivity contribution is 5.81. The highest BCUT2D eigenvalue weighted by Gasteiger charge is 2.31. The second-order valence-corrected chi connectivity index (χ2v) is 5.82. The smallest absolute Gasteiger partial charge is 0.251 e. The van der Waals surface area contributed by atoms with Crippen molar-refractivity contribution < 1.29 is 14.1 Å². The molecule has 0 bridgehead atoms. The van der Waals surface area contributed by atoms with Crippen LogP contribution in [0.2, 0.25) is 0 Å². The first kappa shape index (κ1) is 14.5. The summed E-state index contributed by atoms with van der Waals surface area (Å²) in [6, 6.07) is 0.456. The van der Waals surface area contributed by atoms with Crippen molar-refractivity contribution in [1.82, 2.24) is 19.9 Å². The van der Waals surface area contributed by atoms with Gasteiger partial charge < -0.3 is 14.2 Å². The molecule has 1 amide bonds. The molecule has 2 saturated heterocycles. The molecule has 0 unspecified atom stereocenters. The summed E-state index contributed by atoms with van der Waals surface area (Å²) < 4.78 is 10.2. The third-order valence-corrected chi connectivity index (χ3v) is 4.40. The second kappa shape index (κ2) is 6.53. The second-order valence-electron chi connectivity index (χ2n) is 5.82. The number of amides is 1. The van der Waals surface area contributed by atoms with E-state index in [0.717, 1.165) is 45.4 Å². The van der Waals surface area contributed by atoms with Gasteiger partial charge >= 0.3 is 0 Å². The van der Waals surface area contributed by atoms with Gasteiger partial charge in [0.25, 0.3) is 5.91 Å². The van der Waals surface area contributed by atoms with Gasteiger partial charge in [-0.3, -0.25) is 9.69 Å². The maximum atomic E-state index is 12.3. The molecule has 1 aromatic heterocycles. The molecule has 1 atom stereocenters. The molecule has 1 aromatic rings. The summed E-state index contributed by atoms with van der Waals surface area (Å²) in [6.07, 6.45) is 4.99. The summed E-state index contributed by atoms with van der Waals surface area (Å²) in [5.74, 6) is 0.877. The third kappa shape index (κ3) is 3.41. The molecule has 7 nitrogen and oxygen atoms in total. The van der Waals surface area contributed by atoms with Crippen LogP contribution in [0.5, 0.6) is 0 Å². The Balaban J connectivity index is 1.47. The Morgan fingerprint density at radius 2 is 2.24 bits per heavy atom. The van der Waals surface area contributed by atoms with E-state index in [1.54, 1.807) is 0 Å². The zero-order valence-corrected chi connectivity index (χ0v) is 12.4. The Morgan fingerprint density at radius 1 is 1.43 bits per heavy atom. The maximum absolute atomic E-state index is 12.3. The topological polar surface area (TPSA) is 71.7 Å². The largest absolute Gasteiger partial charge is 0.368 e. The van der Waals surface area contributed by atoms with E-state index in [1.165, 1.54) is 6.39 Å². The number of rotatable bonds is 4. The van der Waals surface area contributed by atoms with Crippen LogP contribution in [0.1, 0.15) is 31.5 Å². The van der Waals surface area contributed by atoms with Gasteiger partial charge in [0.2, 0.25) is 6.39 Å². The highest BCUT2D eigenvalue weighted by Crippen LogP contribution is 2.20. The standard InChI is InChI=1S/C14H22N4O3/c1-17(9-13-15-10-21-16-13)11-4-6-18(7-5-11)14(19)12-3-2-8-20-12/h10-12H,2-9H2,1H3/t12-/m1/s1. The number of likely N-dealkylation sites (tertiary alicyclic amines) is 1. The summed E-state index contributed by atoms with van der Waals surface area (Å²) in [7, 11) is 2.07. The zero-order valence-electron chi connectivity index (χ0n) is 12.4. The van der Waals surface area contributed by atoms with Crippen LogP contribution in [-0.2, 0) is 16.1 Å². The maximum Gasteiger partial charge on any atom is 0.251 e. The molecule has 0 N–H and O–H groups in total. The van der Waals surface area contributed by atoms with Gasteiger partial charge in [0.05, 0.1) is 6.54 Å². The van der Waals surface area contributed by atoms with Crippen LogP contribution in [-0.4, -0.2) is 64.7 Å². The molecule has 3 rings (SSSR count). The van der Waals surface area contributed by atoms with Crippen LogP contribution in [0.4, 0.5) is 0 Å². The SMILES string of the molecule is CN(Cc1ncon1)C1CCN(C(=O)[C@H]2CCCO2)CC1. The van der Waals surface area contributed by atoms with E-state index in [9.17, 15) is 4.79 Å². The number of carbonyl (C=O) groups excluding carboxylic acids is 1. The molecule has 21 heavy (non-hydrogen) atoms. The third-order valence-electron chi connectivity index (χ3n) is 4.40. The number of aromatic nitrogens is 2. The quantitative estimate of drug-likeness (QED) is 0.813. The van der Waals surface area contributed by atoms with E-state index in [-0.39, 0.29) is 12.0 Å². The van der Waals surface area contributed by atoms with Crippen LogP contribution >= 0.6 is 0 Å². The van der Waals surface area contributed by atoms with E-state index in [0.29, 0.717) is 18.4 Å². The summed E-state index contributed by atoms with van der Waals surface area (Å²) in [5.41, 5.74) is 0. The van der Waals surface area contributed by atoms with Gasteiger partial charge in [0.15, 0.2) is 5.82 Å². The molecule has 0 spiro atoms. The number of hydrogen-bond donors (Lipinski definition) is 0. The van der Waals surface area contributed by atoms with Crippen LogP contribution in [0, 0.1) is 0 Å². The van der Waals surface area contributed by atoms with Crippen molar-refractivity contribution in [1.29, 1.82) is 0 Å². The monoisotopic (exact) mass is 294 g/mol. The van der Waals surface area contributed by atoms with Crippen LogP contribution < -0.4 is 0 Å². The van der Waals surface area contributed by atoms with Crippen molar-refractivity contribution in [2.24, 2.45) is 0 Å². The predicted octanol–water partition coefficient (Wildman–Crippen LogP) is 0.671. The van der Waals surface area contributed by atoms with Crippen LogP contribution in [0.3, 0.4) is 0 Å². The number of piperidine rings is 1. The molecule has 3 heterocycles. The van der Waals surface area contributed by atoms with E-state index in [4.69, 9.17) is 9.26 Å². The van der Waals surface area contributed by atoms with Gasteiger partial charge in [-0.15, -0.1) is 0 Å². The Bertz CT molecular complexity index is 451. The van der Waals surface area contributed by atoms with E-state index in [1.807, 2.05) is 4.90 Å². The van der Waals surface area contributed by atoms with E-state index in [2.05, 4.69) is 22.1 Å². The highest BCUT2D eigenvalue weighted by atomic mass is 16.5. The minimum absolute atomic E-state index is 0.173. The normalized spacial score (nSPS) is 23.9. The van der Waals surface area contributed by atoms with E-state index >= 15 is 0 Å². The minimum Gasteiger partial charge on any atom is -0.368 e. The molecular weight excluding hydrogens is 272 g/mol. The number of ether oxygens (including phenoxy) is 1. The molecule has 0 radical (unpaired) electrons. The Labute approximate surface area is 124 Å². The zero-order chi connectivity index (χ0) is 14.7. The lowest BCUT2D eigenvalue weighted by Crippen LogP contribution is -2.48. The summed E-state index contributed by atoms with van der Waals surface area (Å²) in [4.78, 5) is 20.5. The molecule has 0 aromatic carbocycles. The Hall–Kier alpha value is -1.47. The van der Waals surface area contributed by atoms with Gasteiger partial charge in [0.1, 0.15) is 6.10 Å². The summed E-state index contributed by atoms with van der Waals surface area (Å²) in [5, 5.41) is 3.84. The molecule has 2 fully saturated rings. The van der Waals surface area contributed by atoms with Crippen molar-refractivity contribution in [3.63, 3.8) is 0 Å². The first-order valence-electron chi connectivity index (χ1n) is 7.60. The fourth-order valence-electron chi connectivity index (χ4n) is 3.12. The van der Waals surface area contributed by atoms with Gasteiger partial charge in [-0.2, -0.15) is 4.98 Å². The van der Waals surface area contributed by atoms with Gasteiger partial charge in [0, 0.05) is 25.7 Å². The van der Waals surface area contributed by atoms with Gasteiger partial charge in [-0.25, -0.2) is 0 Å². The van der Waals surface area contributed by atoms with Crippen LogP contribution in [0.25, 0.3) is 0 Å². The Kier molecular flexibility index (Phi) is 4.50. The molecule has 2 aliphatic rings. The first-order chi connectivity index (χ1) is 10.2. The summed E-state index contributed by atoms with van der Waals surface area (Å²) >= 11 is 0. The first-order valence-corrected chi connectivity index (χ1v) is 7.60. The molecular formula is C14H22N4O3. The fraction of sp³-hybridized carbons (Fsp3) is 0.786. The van der Waals surface area contributed by atoms with E-state index < -0.39 is 0 Å². The van der Waals surface area contributed by atoms with Crippen molar-refractivity contribution in [3.8, 4) is 0 Å². The predicted molar refractivity (Wildman–Crippen MR) is 74.3 cm³/mol. The van der Waals surface area contributed by atoms with Gasteiger partial charge in [-0.05, 0) is 32.7 Å². The lowest BCUT2D eigenvalue weighted by atomic mass is 10.0. The van der Waals surface area contributed by atoms with Crippen LogP contribution in [0.15, 0.2) is 10.9 Å². The number of hydrogen-bond acceptors (Lipinski definition) is 6. The van der Waals surface area contributed by atoms with Crippen molar-refractivity contribution in [3.05, 3.63) is 12.2 Å². The van der Waals surface area contributed by atoms with Crippen molar-refractivity contribution >= 4 is 5.91 Å². The number of carbonyl (C=O) groups is 1. The lowest BCUT2D eigenvalue weighted by Gasteiger charge is -2.37. The molecule has 7 heteroatoms. The average Bonchev–Trinajstić information content (AvgIpc) is 3.20. The molecule has 116 valence electrons. The average molecular weight is 294 g/mol. The lowest BCUT2D eigenvalue weighted by molar-refractivity contribution is -0.142. The number of nitrogens with zero attached hydrogens (tertiary/aromatic N) is 4. The molecule has 0 saturated carbocycles. The van der Waals surface area contributed by atoms with Crippen molar-refractivity contribution in [2.45, 2.75) is 44.4 Å². The summed E-state index contributed by atoms with van der Waals surface area (Å²) in [6.45, 7) is 3.01. The van der Waals surface area contributed by atoms with Gasteiger partial charge in [-0.1, -0.05) is 5.16 Å². The Morgan fingerprint density at radius 3 is 2.86 bits per heavy atom. The molecule has 0 aliphatic carbocycles. The fourth-order valence-corrected chi connectivity index (χ4v) is 3.12.